The van der Waals surface area contributed by atoms with E-state index in [2.05, 4.69) is 51.8 Å². The van der Waals surface area contributed by atoms with Crippen molar-refractivity contribution >= 4 is 0 Å². The number of likely N-dealkylation sites (N-methyl/N-ethyl adjacent to an activating group) is 2. The second-order valence-electron chi connectivity index (χ2n) is 7.57. The van der Waals surface area contributed by atoms with Gasteiger partial charge in [-0.1, -0.05) is 54.4 Å². The number of hydrogen-bond donors (Lipinski definition) is 1. The average molecular weight is 297 g/mol. The zero-order valence-electron chi connectivity index (χ0n) is 15.5. The van der Waals surface area contributed by atoms with Crippen LogP contribution in [0.1, 0.15) is 80.1 Å². The summed E-state index contributed by atoms with van der Waals surface area (Å²) in [6.07, 6.45) is 8.09. The molecule has 1 aliphatic rings. The molecule has 0 aromatic carbocycles. The standard InChI is InChI=1S/C19H40N2/c1-7-11-14-21(10-4)18-15-16(19(5,6)8-2)12-13-17(18)20-9-3/h16-18,20H,7-15H2,1-6H3. The summed E-state index contributed by atoms with van der Waals surface area (Å²) in [4.78, 5) is 2.76. The fourth-order valence-corrected chi connectivity index (χ4v) is 3.97. The molecule has 1 N–H and O–H groups in total. The lowest BCUT2D eigenvalue weighted by molar-refractivity contribution is 0.0519. The minimum atomic E-state index is 0.500. The van der Waals surface area contributed by atoms with Gasteiger partial charge in [0.2, 0.25) is 0 Å². The summed E-state index contributed by atoms with van der Waals surface area (Å²) in [5.74, 6) is 0.887. The predicted octanol–water partition coefficient (Wildman–Crippen LogP) is 4.69. The third kappa shape index (κ3) is 5.25. The van der Waals surface area contributed by atoms with Crippen molar-refractivity contribution in [1.82, 2.24) is 10.2 Å². The Hall–Kier alpha value is -0.0800. The molecule has 0 bridgehead atoms. The van der Waals surface area contributed by atoms with Crippen molar-refractivity contribution in [3.8, 4) is 0 Å². The average Bonchev–Trinajstić information content (AvgIpc) is 2.49. The van der Waals surface area contributed by atoms with Crippen molar-refractivity contribution in [1.29, 1.82) is 0 Å². The number of hydrogen-bond acceptors (Lipinski definition) is 2. The number of unbranched alkanes of at least 4 members (excludes halogenated alkanes) is 1. The summed E-state index contributed by atoms with van der Waals surface area (Å²) in [5.41, 5.74) is 0.500. The molecule has 0 aromatic heterocycles. The Morgan fingerprint density at radius 1 is 1.10 bits per heavy atom. The highest BCUT2D eigenvalue weighted by atomic mass is 15.2. The quantitative estimate of drug-likeness (QED) is 0.664. The third-order valence-electron chi connectivity index (χ3n) is 5.97. The van der Waals surface area contributed by atoms with Gasteiger partial charge in [-0.3, -0.25) is 4.90 Å². The topological polar surface area (TPSA) is 15.3 Å². The zero-order valence-corrected chi connectivity index (χ0v) is 15.5. The summed E-state index contributed by atoms with van der Waals surface area (Å²) in [6, 6.07) is 1.45. The van der Waals surface area contributed by atoms with Gasteiger partial charge in [-0.2, -0.15) is 0 Å². The van der Waals surface area contributed by atoms with Crippen LogP contribution in [-0.4, -0.2) is 36.6 Å². The van der Waals surface area contributed by atoms with Crippen LogP contribution in [0, 0.1) is 11.3 Å². The molecule has 0 aromatic rings. The van der Waals surface area contributed by atoms with E-state index in [4.69, 9.17) is 0 Å². The fraction of sp³-hybridized carbons (Fsp3) is 1.00. The first kappa shape index (κ1) is 19.0. The Bertz CT molecular complexity index is 275. The van der Waals surface area contributed by atoms with Gasteiger partial charge in [0.25, 0.3) is 0 Å². The van der Waals surface area contributed by atoms with Gasteiger partial charge in [-0.15, -0.1) is 0 Å². The van der Waals surface area contributed by atoms with Crippen molar-refractivity contribution in [3.05, 3.63) is 0 Å². The van der Waals surface area contributed by atoms with Crippen molar-refractivity contribution in [2.24, 2.45) is 11.3 Å². The Kier molecular flexibility index (Phi) is 8.26. The van der Waals surface area contributed by atoms with Gasteiger partial charge < -0.3 is 5.32 Å². The Morgan fingerprint density at radius 3 is 2.33 bits per heavy atom. The van der Waals surface area contributed by atoms with Crippen molar-refractivity contribution in [2.45, 2.75) is 92.2 Å². The molecule has 0 saturated heterocycles. The zero-order chi connectivity index (χ0) is 15.9. The summed E-state index contributed by atoms with van der Waals surface area (Å²) in [7, 11) is 0. The summed E-state index contributed by atoms with van der Waals surface area (Å²) < 4.78 is 0. The second kappa shape index (κ2) is 9.15. The van der Waals surface area contributed by atoms with Crippen LogP contribution in [0.4, 0.5) is 0 Å². The van der Waals surface area contributed by atoms with Crippen LogP contribution < -0.4 is 5.32 Å². The normalized spacial score (nSPS) is 27.3. The van der Waals surface area contributed by atoms with Crippen LogP contribution in [0.25, 0.3) is 0 Å². The van der Waals surface area contributed by atoms with E-state index in [1.807, 2.05) is 0 Å². The molecule has 0 amide bonds. The highest BCUT2D eigenvalue weighted by Crippen LogP contribution is 2.41. The van der Waals surface area contributed by atoms with Gasteiger partial charge in [0, 0.05) is 12.1 Å². The van der Waals surface area contributed by atoms with Gasteiger partial charge in [0.1, 0.15) is 0 Å². The molecule has 0 heterocycles. The number of nitrogens with one attached hydrogen (secondary N) is 1. The number of rotatable bonds is 9. The lowest BCUT2D eigenvalue weighted by Gasteiger charge is -2.47. The second-order valence-corrected chi connectivity index (χ2v) is 7.57. The molecule has 0 radical (unpaired) electrons. The van der Waals surface area contributed by atoms with E-state index in [1.165, 1.54) is 51.6 Å². The van der Waals surface area contributed by atoms with Crippen molar-refractivity contribution in [2.75, 3.05) is 19.6 Å². The van der Waals surface area contributed by atoms with Crippen LogP contribution in [0.5, 0.6) is 0 Å². The molecule has 3 unspecified atom stereocenters. The summed E-state index contributed by atoms with van der Waals surface area (Å²) in [6.45, 7) is 17.8. The van der Waals surface area contributed by atoms with Gasteiger partial charge in [-0.25, -0.2) is 0 Å². The van der Waals surface area contributed by atoms with Gasteiger partial charge in [0.15, 0.2) is 0 Å². The first-order valence-electron chi connectivity index (χ1n) is 9.47. The van der Waals surface area contributed by atoms with Crippen LogP contribution in [0.2, 0.25) is 0 Å². The van der Waals surface area contributed by atoms with E-state index in [0.29, 0.717) is 11.5 Å². The number of nitrogens with zero attached hydrogens (tertiary/aromatic N) is 1. The van der Waals surface area contributed by atoms with Gasteiger partial charge in [0.05, 0.1) is 0 Å². The Labute approximate surface area is 134 Å². The van der Waals surface area contributed by atoms with E-state index in [-0.39, 0.29) is 0 Å². The molecule has 1 saturated carbocycles. The maximum Gasteiger partial charge on any atom is 0.0252 e. The first-order chi connectivity index (χ1) is 10.00. The first-order valence-corrected chi connectivity index (χ1v) is 9.47. The molecule has 1 rings (SSSR count). The minimum Gasteiger partial charge on any atom is -0.313 e. The highest BCUT2D eigenvalue weighted by Gasteiger charge is 2.38. The molecule has 126 valence electrons. The maximum atomic E-state index is 3.77. The lowest BCUT2D eigenvalue weighted by atomic mass is 9.67. The lowest BCUT2D eigenvalue weighted by Crippen LogP contribution is -2.54. The van der Waals surface area contributed by atoms with E-state index >= 15 is 0 Å². The molecular weight excluding hydrogens is 256 g/mol. The van der Waals surface area contributed by atoms with Crippen molar-refractivity contribution < 1.29 is 0 Å². The van der Waals surface area contributed by atoms with Crippen LogP contribution in [0.15, 0.2) is 0 Å². The molecule has 2 nitrogen and oxygen atoms in total. The smallest absolute Gasteiger partial charge is 0.0252 e. The van der Waals surface area contributed by atoms with Crippen LogP contribution >= 0.6 is 0 Å². The van der Waals surface area contributed by atoms with E-state index in [1.54, 1.807) is 0 Å². The maximum absolute atomic E-state index is 3.77. The Balaban J connectivity index is 2.79. The van der Waals surface area contributed by atoms with Crippen molar-refractivity contribution in [3.63, 3.8) is 0 Å². The molecule has 1 aliphatic carbocycles. The minimum absolute atomic E-state index is 0.500. The van der Waals surface area contributed by atoms with Gasteiger partial charge >= 0.3 is 0 Å². The van der Waals surface area contributed by atoms with E-state index < -0.39 is 0 Å². The fourth-order valence-electron chi connectivity index (χ4n) is 3.97. The van der Waals surface area contributed by atoms with Crippen LogP contribution in [0.3, 0.4) is 0 Å². The molecular formula is C19H40N2. The highest BCUT2D eigenvalue weighted by molar-refractivity contribution is 4.94. The van der Waals surface area contributed by atoms with Gasteiger partial charge in [-0.05, 0) is 56.7 Å². The summed E-state index contributed by atoms with van der Waals surface area (Å²) in [5, 5.41) is 3.77. The molecule has 2 heteroatoms. The molecule has 0 spiro atoms. The van der Waals surface area contributed by atoms with Crippen LogP contribution in [-0.2, 0) is 0 Å². The Morgan fingerprint density at radius 2 is 1.81 bits per heavy atom. The third-order valence-corrected chi connectivity index (χ3v) is 5.97. The largest absolute Gasteiger partial charge is 0.313 e. The molecule has 1 fully saturated rings. The SMILES string of the molecule is CCCCN(CC)C1CC(C(C)(C)CC)CCC1NCC. The molecule has 21 heavy (non-hydrogen) atoms. The molecule has 0 aliphatic heterocycles. The van der Waals surface area contributed by atoms with E-state index in [0.717, 1.165) is 18.5 Å². The summed E-state index contributed by atoms with van der Waals surface area (Å²) >= 11 is 0. The van der Waals surface area contributed by atoms with E-state index in [9.17, 15) is 0 Å². The monoisotopic (exact) mass is 296 g/mol. The molecule has 3 atom stereocenters. The predicted molar refractivity (Wildman–Crippen MR) is 94.8 cm³/mol.